The van der Waals surface area contributed by atoms with Gasteiger partial charge >= 0.3 is 0 Å². The molecule has 0 fully saturated rings. The molecule has 0 aliphatic carbocycles. The zero-order valence-corrected chi connectivity index (χ0v) is 16.1. The van der Waals surface area contributed by atoms with Crippen LogP contribution in [0.1, 0.15) is 32.2 Å². The topological polar surface area (TPSA) is 131 Å². The van der Waals surface area contributed by atoms with E-state index in [1.807, 2.05) is 20.8 Å². The molecular weight excluding hydrogens is 362 g/mol. The summed E-state index contributed by atoms with van der Waals surface area (Å²) in [5, 5.41) is 15.2. The van der Waals surface area contributed by atoms with Crippen LogP contribution in [-0.2, 0) is 20.2 Å². The molecule has 0 saturated carbocycles. The molecule has 0 saturated heterocycles. The Balaban J connectivity index is 2.00. The third-order valence-electron chi connectivity index (χ3n) is 3.29. The van der Waals surface area contributed by atoms with Crippen LogP contribution in [0.25, 0.3) is 0 Å². The maximum absolute atomic E-state index is 12.1. The van der Waals surface area contributed by atoms with Gasteiger partial charge in [0.05, 0.1) is 10.6 Å². The van der Waals surface area contributed by atoms with Gasteiger partial charge in [-0.1, -0.05) is 38.6 Å². The fourth-order valence-corrected chi connectivity index (χ4v) is 3.36. The van der Waals surface area contributed by atoms with Gasteiger partial charge in [0.15, 0.2) is 0 Å². The van der Waals surface area contributed by atoms with Crippen molar-refractivity contribution in [1.29, 1.82) is 0 Å². The molecule has 0 spiro atoms. The minimum absolute atomic E-state index is 0.0123. The third kappa shape index (κ3) is 5.28. The van der Waals surface area contributed by atoms with Gasteiger partial charge in [0, 0.05) is 11.1 Å². The summed E-state index contributed by atoms with van der Waals surface area (Å²) in [7, 11) is -3.84. The second kappa shape index (κ2) is 7.14. The molecule has 1 amide bonds. The van der Waals surface area contributed by atoms with E-state index in [1.54, 1.807) is 19.1 Å². The molecule has 1 aromatic heterocycles. The number of aromatic amines is 1. The van der Waals surface area contributed by atoms with Gasteiger partial charge in [0.1, 0.15) is 5.82 Å². The van der Waals surface area contributed by atoms with Crippen LogP contribution in [0.15, 0.2) is 28.3 Å². The number of carbonyl (C=O) groups is 1. The highest BCUT2D eigenvalue weighted by Gasteiger charge is 2.19. The standard InChI is InChI=1S/C15H21N5O3S2/c1-9-5-6-10(7-11(9)25(16,22)23)17-12(21)8-24-14-18-13(19-20-14)15(2,3)4/h5-7H,8H2,1-4H3,(H,17,21)(H2,16,22,23)(H,18,19,20). The Morgan fingerprint density at radius 1 is 1.36 bits per heavy atom. The van der Waals surface area contributed by atoms with Crippen molar-refractivity contribution in [1.82, 2.24) is 15.2 Å². The Labute approximate surface area is 151 Å². The van der Waals surface area contributed by atoms with E-state index in [4.69, 9.17) is 5.14 Å². The van der Waals surface area contributed by atoms with Crippen molar-refractivity contribution in [2.75, 3.05) is 11.1 Å². The second-order valence-corrected chi connectivity index (χ2v) is 9.05. The number of aromatic nitrogens is 3. The van der Waals surface area contributed by atoms with Gasteiger partial charge < -0.3 is 5.32 Å². The molecule has 136 valence electrons. The molecule has 0 unspecified atom stereocenters. The Hall–Kier alpha value is -1.91. The van der Waals surface area contributed by atoms with E-state index in [0.717, 1.165) is 5.82 Å². The number of thioether (sulfide) groups is 1. The number of amides is 1. The number of sulfonamides is 1. The Morgan fingerprint density at radius 2 is 2.04 bits per heavy atom. The minimum atomic E-state index is -3.84. The number of nitrogens with zero attached hydrogens (tertiary/aromatic N) is 2. The van der Waals surface area contributed by atoms with Crippen molar-refractivity contribution >= 4 is 33.4 Å². The van der Waals surface area contributed by atoms with E-state index < -0.39 is 10.0 Å². The second-order valence-electron chi connectivity index (χ2n) is 6.58. The predicted octanol–water partition coefficient (Wildman–Crippen LogP) is 1.79. The SMILES string of the molecule is Cc1ccc(NC(=O)CSc2n[nH]c(C(C)(C)C)n2)cc1S(N)(=O)=O. The summed E-state index contributed by atoms with van der Waals surface area (Å²) in [6, 6.07) is 4.56. The van der Waals surface area contributed by atoms with Gasteiger partial charge in [-0.05, 0) is 24.6 Å². The first kappa shape index (κ1) is 19.4. The van der Waals surface area contributed by atoms with Crippen LogP contribution >= 0.6 is 11.8 Å². The monoisotopic (exact) mass is 383 g/mol. The maximum Gasteiger partial charge on any atom is 0.238 e. The highest BCUT2D eigenvalue weighted by atomic mass is 32.2. The van der Waals surface area contributed by atoms with Crippen LogP contribution < -0.4 is 10.5 Å². The molecule has 0 bridgehead atoms. The van der Waals surface area contributed by atoms with E-state index in [9.17, 15) is 13.2 Å². The lowest BCUT2D eigenvalue weighted by molar-refractivity contribution is -0.113. The summed E-state index contributed by atoms with van der Waals surface area (Å²) in [5.74, 6) is 0.545. The Kier molecular flexibility index (Phi) is 5.55. The van der Waals surface area contributed by atoms with Crippen LogP contribution in [0.3, 0.4) is 0 Å². The highest BCUT2D eigenvalue weighted by Crippen LogP contribution is 2.22. The Morgan fingerprint density at radius 3 is 2.60 bits per heavy atom. The smallest absolute Gasteiger partial charge is 0.238 e. The highest BCUT2D eigenvalue weighted by molar-refractivity contribution is 7.99. The van der Waals surface area contributed by atoms with Crippen molar-refractivity contribution < 1.29 is 13.2 Å². The zero-order valence-electron chi connectivity index (χ0n) is 14.5. The molecule has 0 aliphatic heterocycles. The number of nitrogens with two attached hydrogens (primary N) is 1. The fraction of sp³-hybridized carbons (Fsp3) is 0.400. The number of carbonyl (C=O) groups excluding carboxylic acids is 1. The van der Waals surface area contributed by atoms with Gasteiger partial charge in [-0.3, -0.25) is 9.89 Å². The number of rotatable bonds is 5. The number of primary sulfonamides is 1. The lowest BCUT2D eigenvalue weighted by Gasteiger charge is -2.12. The molecule has 0 atom stereocenters. The molecule has 2 aromatic rings. The van der Waals surface area contributed by atoms with Crippen molar-refractivity contribution in [2.45, 2.75) is 43.2 Å². The first-order chi connectivity index (χ1) is 11.5. The largest absolute Gasteiger partial charge is 0.325 e. The average molecular weight is 383 g/mol. The number of H-pyrrole nitrogens is 1. The van der Waals surface area contributed by atoms with Gasteiger partial charge in [-0.25, -0.2) is 18.5 Å². The quantitative estimate of drug-likeness (QED) is 0.675. The minimum Gasteiger partial charge on any atom is -0.325 e. The summed E-state index contributed by atoms with van der Waals surface area (Å²) in [5.41, 5.74) is 0.732. The van der Waals surface area contributed by atoms with Crippen LogP contribution in [-0.4, -0.2) is 35.3 Å². The van der Waals surface area contributed by atoms with Crippen molar-refractivity contribution in [3.63, 3.8) is 0 Å². The predicted molar refractivity (Wildman–Crippen MR) is 97.0 cm³/mol. The molecule has 10 heteroatoms. The number of hydrogen-bond donors (Lipinski definition) is 3. The summed E-state index contributed by atoms with van der Waals surface area (Å²) >= 11 is 1.19. The van der Waals surface area contributed by atoms with Crippen LogP contribution in [0.5, 0.6) is 0 Å². The van der Waals surface area contributed by atoms with Gasteiger partial charge in [0.25, 0.3) is 0 Å². The summed E-state index contributed by atoms with van der Waals surface area (Å²) in [6.07, 6.45) is 0. The molecule has 1 heterocycles. The van der Waals surface area contributed by atoms with Gasteiger partial charge in [0.2, 0.25) is 21.1 Å². The van der Waals surface area contributed by atoms with E-state index in [2.05, 4.69) is 20.5 Å². The van der Waals surface area contributed by atoms with E-state index in [-0.39, 0.29) is 22.0 Å². The maximum atomic E-state index is 12.1. The van der Waals surface area contributed by atoms with Crippen LogP contribution in [0.4, 0.5) is 5.69 Å². The normalized spacial score (nSPS) is 12.2. The van der Waals surface area contributed by atoms with Gasteiger partial charge in [-0.2, -0.15) is 0 Å². The molecule has 25 heavy (non-hydrogen) atoms. The molecule has 1 aromatic carbocycles. The number of anilines is 1. The molecule has 0 aliphatic rings. The number of benzene rings is 1. The van der Waals surface area contributed by atoms with Crippen LogP contribution in [0.2, 0.25) is 0 Å². The first-order valence-electron chi connectivity index (χ1n) is 7.46. The fourth-order valence-electron chi connectivity index (χ4n) is 1.96. The van der Waals surface area contributed by atoms with E-state index >= 15 is 0 Å². The molecular formula is C15H21N5O3S2. The summed E-state index contributed by atoms with van der Waals surface area (Å²) in [6.45, 7) is 7.66. The summed E-state index contributed by atoms with van der Waals surface area (Å²) < 4.78 is 23.1. The number of hydrogen-bond acceptors (Lipinski definition) is 6. The van der Waals surface area contributed by atoms with Crippen molar-refractivity contribution in [2.24, 2.45) is 5.14 Å². The summed E-state index contributed by atoms with van der Waals surface area (Å²) in [4.78, 5) is 16.4. The number of nitrogens with one attached hydrogen (secondary N) is 2. The molecule has 0 radical (unpaired) electrons. The van der Waals surface area contributed by atoms with E-state index in [0.29, 0.717) is 16.4 Å². The molecule has 8 nitrogen and oxygen atoms in total. The van der Waals surface area contributed by atoms with Gasteiger partial charge in [-0.15, -0.1) is 5.10 Å². The van der Waals surface area contributed by atoms with Crippen molar-refractivity contribution in [3.05, 3.63) is 29.6 Å². The van der Waals surface area contributed by atoms with Crippen LogP contribution in [0, 0.1) is 6.92 Å². The molecule has 4 N–H and O–H groups in total. The first-order valence-corrected chi connectivity index (χ1v) is 9.99. The van der Waals surface area contributed by atoms with E-state index in [1.165, 1.54) is 17.8 Å². The molecule has 2 rings (SSSR count). The Bertz CT molecular complexity index is 885. The lowest BCUT2D eigenvalue weighted by Crippen LogP contribution is -2.17. The zero-order chi connectivity index (χ0) is 18.8. The average Bonchev–Trinajstić information content (AvgIpc) is 2.95. The lowest BCUT2D eigenvalue weighted by atomic mass is 9.96. The van der Waals surface area contributed by atoms with Crippen molar-refractivity contribution in [3.8, 4) is 0 Å². The third-order valence-corrected chi connectivity index (χ3v) is 5.19. The number of aryl methyl sites for hydroxylation is 1.